The molecule has 2 bridgehead atoms. The van der Waals surface area contributed by atoms with Gasteiger partial charge in [0.15, 0.2) is 0 Å². The second-order valence-electron chi connectivity index (χ2n) is 11.8. The SMILES string of the molecule is CC1(C)C2CC=C(CN(CCCc3ccccc3)CCN3CCN(C(=O)c4ccccc4F)CC3)C1C2. The second kappa shape index (κ2) is 11.5. The molecule has 4 aliphatic rings. The summed E-state index contributed by atoms with van der Waals surface area (Å²) in [5.74, 6) is 0.997. The van der Waals surface area contributed by atoms with Crippen molar-refractivity contribution in [2.24, 2.45) is 17.3 Å². The van der Waals surface area contributed by atoms with Crippen molar-refractivity contribution < 1.29 is 9.18 Å². The van der Waals surface area contributed by atoms with Gasteiger partial charge in [-0.15, -0.1) is 0 Å². The quantitative estimate of drug-likeness (QED) is 0.400. The minimum Gasteiger partial charge on any atom is -0.336 e. The van der Waals surface area contributed by atoms with Gasteiger partial charge in [0.25, 0.3) is 5.91 Å². The van der Waals surface area contributed by atoms with Crippen LogP contribution in [0.25, 0.3) is 0 Å². The van der Waals surface area contributed by atoms with Gasteiger partial charge in [-0.2, -0.15) is 0 Å². The largest absolute Gasteiger partial charge is 0.336 e. The minimum absolute atomic E-state index is 0.183. The smallest absolute Gasteiger partial charge is 0.256 e. The molecule has 2 aromatic rings. The van der Waals surface area contributed by atoms with Crippen molar-refractivity contribution in [1.82, 2.24) is 14.7 Å². The van der Waals surface area contributed by atoms with E-state index in [9.17, 15) is 9.18 Å². The number of carbonyl (C=O) groups excluding carboxylic acids is 1. The van der Waals surface area contributed by atoms with Gasteiger partial charge in [-0.3, -0.25) is 14.6 Å². The molecule has 2 unspecified atom stereocenters. The fourth-order valence-corrected chi connectivity index (χ4v) is 6.60. The summed E-state index contributed by atoms with van der Waals surface area (Å²) in [6.45, 7) is 12.2. The Balaban J connectivity index is 1.14. The van der Waals surface area contributed by atoms with Gasteiger partial charge in [0, 0.05) is 45.8 Å². The molecule has 2 fully saturated rings. The summed E-state index contributed by atoms with van der Waals surface area (Å²) in [4.78, 5) is 19.7. The molecule has 6 rings (SSSR count). The molecule has 1 saturated carbocycles. The summed E-state index contributed by atoms with van der Waals surface area (Å²) in [5, 5.41) is 0. The van der Waals surface area contributed by atoms with Crippen LogP contribution in [-0.4, -0.2) is 73.0 Å². The van der Waals surface area contributed by atoms with Crippen LogP contribution in [0.15, 0.2) is 66.2 Å². The number of rotatable bonds is 10. The van der Waals surface area contributed by atoms with Crippen LogP contribution in [0, 0.1) is 23.1 Å². The summed E-state index contributed by atoms with van der Waals surface area (Å²) in [5.41, 5.74) is 3.72. The van der Waals surface area contributed by atoms with Crippen molar-refractivity contribution in [3.8, 4) is 0 Å². The number of hydrogen-bond donors (Lipinski definition) is 0. The number of benzene rings is 2. The van der Waals surface area contributed by atoms with Gasteiger partial charge in [-0.25, -0.2) is 4.39 Å². The van der Waals surface area contributed by atoms with Crippen LogP contribution in [0.4, 0.5) is 4.39 Å². The Labute approximate surface area is 222 Å². The van der Waals surface area contributed by atoms with Crippen molar-refractivity contribution in [3.63, 3.8) is 0 Å². The lowest BCUT2D eigenvalue weighted by Gasteiger charge is -2.57. The third-order valence-electron chi connectivity index (χ3n) is 9.27. The van der Waals surface area contributed by atoms with E-state index in [0.717, 1.165) is 57.5 Å². The van der Waals surface area contributed by atoms with E-state index in [4.69, 9.17) is 0 Å². The average Bonchev–Trinajstić information content (AvgIpc) is 2.92. The second-order valence-corrected chi connectivity index (χ2v) is 11.8. The first-order chi connectivity index (χ1) is 17.9. The first-order valence-electron chi connectivity index (χ1n) is 14.1. The van der Waals surface area contributed by atoms with Crippen molar-refractivity contribution in [1.29, 1.82) is 0 Å². The van der Waals surface area contributed by atoms with Crippen LogP contribution in [-0.2, 0) is 6.42 Å². The highest BCUT2D eigenvalue weighted by molar-refractivity contribution is 5.94. The molecule has 2 aromatic carbocycles. The maximum atomic E-state index is 14.1. The molecule has 1 aliphatic heterocycles. The monoisotopic (exact) mass is 503 g/mol. The molecule has 1 heterocycles. The first kappa shape index (κ1) is 26.1. The van der Waals surface area contributed by atoms with Gasteiger partial charge in [-0.05, 0) is 67.2 Å². The third kappa shape index (κ3) is 5.99. The molecule has 0 aromatic heterocycles. The fourth-order valence-electron chi connectivity index (χ4n) is 6.60. The van der Waals surface area contributed by atoms with Gasteiger partial charge in [-0.1, -0.05) is 68.0 Å². The predicted molar refractivity (Wildman–Crippen MR) is 148 cm³/mol. The van der Waals surface area contributed by atoms with Crippen LogP contribution in [0.1, 0.15) is 49.0 Å². The molecule has 0 spiro atoms. The van der Waals surface area contributed by atoms with Crippen LogP contribution in [0.2, 0.25) is 0 Å². The molecule has 1 amide bonds. The van der Waals surface area contributed by atoms with Gasteiger partial charge in [0.05, 0.1) is 5.56 Å². The van der Waals surface area contributed by atoms with Crippen LogP contribution >= 0.6 is 0 Å². The van der Waals surface area contributed by atoms with E-state index in [1.165, 1.54) is 30.9 Å². The number of piperazine rings is 1. The molecule has 4 nitrogen and oxygen atoms in total. The predicted octanol–water partition coefficient (Wildman–Crippen LogP) is 5.51. The number of aryl methyl sites for hydroxylation is 1. The Bertz CT molecular complexity index is 1090. The molecular formula is C32H42FN3O. The van der Waals surface area contributed by atoms with E-state index in [1.807, 2.05) is 0 Å². The maximum absolute atomic E-state index is 14.1. The van der Waals surface area contributed by atoms with Crippen molar-refractivity contribution in [3.05, 3.63) is 83.2 Å². The zero-order chi connectivity index (χ0) is 25.8. The maximum Gasteiger partial charge on any atom is 0.256 e. The summed E-state index contributed by atoms with van der Waals surface area (Å²) >= 11 is 0. The molecule has 2 atom stereocenters. The number of carbonyl (C=O) groups is 1. The molecule has 1 saturated heterocycles. The summed E-state index contributed by atoms with van der Waals surface area (Å²) < 4.78 is 14.1. The van der Waals surface area contributed by atoms with Crippen molar-refractivity contribution in [2.75, 3.05) is 52.4 Å². The molecule has 198 valence electrons. The zero-order valence-corrected chi connectivity index (χ0v) is 22.5. The highest BCUT2D eigenvalue weighted by Crippen LogP contribution is 2.59. The van der Waals surface area contributed by atoms with Crippen molar-refractivity contribution >= 4 is 5.91 Å². The Morgan fingerprint density at radius 1 is 1.00 bits per heavy atom. The molecule has 37 heavy (non-hydrogen) atoms. The molecule has 0 N–H and O–H groups in total. The van der Waals surface area contributed by atoms with Gasteiger partial charge >= 0.3 is 0 Å². The van der Waals surface area contributed by atoms with Crippen molar-refractivity contribution in [2.45, 2.75) is 39.5 Å². The lowest BCUT2D eigenvalue weighted by atomic mass is 9.49. The third-order valence-corrected chi connectivity index (χ3v) is 9.27. The van der Waals surface area contributed by atoms with Crippen LogP contribution in [0.5, 0.6) is 0 Å². The Kier molecular flexibility index (Phi) is 8.11. The van der Waals surface area contributed by atoms with Crippen LogP contribution in [0.3, 0.4) is 0 Å². The normalized spacial score (nSPS) is 23.0. The molecule has 3 aliphatic carbocycles. The number of hydrogen-bond acceptors (Lipinski definition) is 3. The highest BCUT2D eigenvalue weighted by atomic mass is 19.1. The Morgan fingerprint density at radius 3 is 2.43 bits per heavy atom. The van der Waals surface area contributed by atoms with E-state index in [0.29, 0.717) is 18.5 Å². The van der Waals surface area contributed by atoms with E-state index in [-0.39, 0.29) is 11.5 Å². The topological polar surface area (TPSA) is 26.8 Å². The molecule has 0 radical (unpaired) electrons. The minimum atomic E-state index is -0.431. The summed E-state index contributed by atoms with van der Waals surface area (Å²) in [6, 6.07) is 17.1. The molecular weight excluding hydrogens is 461 g/mol. The standard InChI is InChI=1S/C32H42FN3O/c1-32(2)27-15-14-26(29(32)23-27)24-35(16-8-11-25-9-4-3-5-10-25)18-17-34-19-21-36(22-20-34)31(37)28-12-6-7-13-30(28)33/h3-7,9-10,12-14,27,29H,8,11,15-24H2,1-2H3. The van der Waals surface area contributed by atoms with E-state index >= 15 is 0 Å². The highest BCUT2D eigenvalue weighted by Gasteiger charge is 2.51. The lowest BCUT2D eigenvalue weighted by Crippen LogP contribution is -2.51. The Hall–Kier alpha value is -2.50. The fraction of sp³-hybridized carbons (Fsp3) is 0.531. The number of allylic oxidation sites excluding steroid dienone is 1. The Morgan fingerprint density at radius 2 is 1.73 bits per heavy atom. The van der Waals surface area contributed by atoms with E-state index in [2.05, 4.69) is 60.1 Å². The lowest BCUT2D eigenvalue weighted by molar-refractivity contribution is -0.0110. The van der Waals surface area contributed by atoms with E-state index < -0.39 is 5.82 Å². The number of halogens is 1. The summed E-state index contributed by atoms with van der Waals surface area (Å²) in [6.07, 6.45) is 7.44. The number of amides is 1. The van der Waals surface area contributed by atoms with Gasteiger partial charge in [0.1, 0.15) is 5.82 Å². The average molecular weight is 504 g/mol. The molecule has 5 heteroatoms. The van der Waals surface area contributed by atoms with Gasteiger partial charge in [0.2, 0.25) is 0 Å². The first-order valence-corrected chi connectivity index (χ1v) is 14.1. The summed E-state index contributed by atoms with van der Waals surface area (Å²) in [7, 11) is 0. The van der Waals surface area contributed by atoms with Gasteiger partial charge < -0.3 is 4.90 Å². The zero-order valence-electron chi connectivity index (χ0n) is 22.5. The van der Waals surface area contributed by atoms with Crippen LogP contribution < -0.4 is 0 Å². The number of fused-ring (bicyclic) bond motifs is 1. The van der Waals surface area contributed by atoms with E-state index in [1.54, 1.807) is 28.7 Å². The number of nitrogens with zero attached hydrogens (tertiary/aromatic N) is 3.